The van der Waals surface area contributed by atoms with Gasteiger partial charge in [-0.1, -0.05) is 19.3 Å². The van der Waals surface area contributed by atoms with E-state index < -0.39 is 0 Å². The van der Waals surface area contributed by atoms with Crippen molar-refractivity contribution >= 4 is 22.8 Å². The fraction of sp³-hybridized carbons (Fsp3) is 0.680. The maximum atomic E-state index is 12.5. The second kappa shape index (κ2) is 9.40. The Bertz CT molecular complexity index is 960. The molecule has 7 heteroatoms. The predicted octanol–water partition coefficient (Wildman–Crippen LogP) is 5.14. The molecule has 1 aliphatic carbocycles. The fourth-order valence-electron chi connectivity index (χ4n) is 5.71. The summed E-state index contributed by atoms with van der Waals surface area (Å²) in [6.45, 7) is 4.16. The average molecular weight is 442 g/mol. The Balaban J connectivity index is 1.54. The van der Waals surface area contributed by atoms with Crippen LogP contribution < -0.4 is 4.90 Å². The molecule has 0 bridgehead atoms. The number of ether oxygens (including phenoxy) is 3. The Morgan fingerprint density at radius 2 is 1.91 bits per heavy atom. The van der Waals surface area contributed by atoms with Gasteiger partial charge in [0.25, 0.3) is 0 Å². The van der Waals surface area contributed by atoms with Crippen LogP contribution in [0.3, 0.4) is 0 Å². The molecule has 2 aliphatic heterocycles. The smallest absolute Gasteiger partial charge is 0.414 e. The number of carbonyl (C=O) groups is 1. The van der Waals surface area contributed by atoms with Gasteiger partial charge < -0.3 is 18.8 Å². The standard InChI is InChI=1S/C25H35N3O4/c1-17-8-9-20-21(27(17)25(29)30-2)10-11-22-24(20)26-23(16-32-19-12-14-31-15-13-19)28(22)18-6-4-3-5-7-18/h10-11,17-19H,3-9,12-16H2,1-2H3/t17-/m0/s1. The highest BCUT2D eigenvalue weighted by molar-refractivity contribution is 5.95. The van der Waals surface area contributed by atoms with Crippen LogP contribution in [0.15, 0.2) is 12.1 Å². The number of imidazole rings is 1. The van der Waals surface area contributed by atoms with Gasteiger partial charge in [-0.25, -0.2) is 9.78 Å². The van der Waals surface area contributed by atoms with E-state index >= 15 is 0 Å². The summed E-state index contributed by atoms with van der Waals surface area (Å²) in [4.78, 5) is 19.5. The lowest BCUT2D eigenvalue weighted by Gasteiger charge is -2.34. The van der Waals surface area contributed by atoms with E-state index in [1.54, 1.807) is 4.90 Å². The third kappa shape index (κ3) is 4.01. The largest absolute Gasteiger partial charge is 0.452 e. The minimum Gasteiger partial charge on any atom is -0.452 e. The monoisotopic (exact) mass is 441 g/mol. The SMILES string of the molecule is COC(=O)N1c2ccc3c(nc(COC4CCOCC4)n3C3CCCCC3)c2CC[C@@H]1C. The molecule has 3 aliphatic rings. The molecular formula is C25H35N3O4. The van der Waals surface area contributed by atoms with E-state index in [0.29, 0.717) is 12.6 Å². The Labute approximate surface area is 190 Å². The number of benzene rings is 1. The third-order valence-corrected chi connectivity index (χ3v) is 7.46. The first-order valence-corrected chi connectivity index (χ1v) is 12.3. The van der Waals surface area contributed by atoms with Crippen molar-refractivity contribution in [3.05, 3.63) is 23.5 Å². The molecule has 1 atom stereocenters. The van der Waals surface area contributed by atoms with Crippen LogP contribution in [0, 0.1) is 0 Å². The number of carbonyl (C=O) groups excluding carboxylic acids is 1. The number of amides is 1. The molecule has 7 nitrogen and oxygen atoms in total. The minimum atomic E-state index is -0.299. The van der Waals surface area contributed by atoms with Crippen molar-refractivity contribution in [3.63, 3.8) is 0 Å². The zero-order valence-electron chi connectivity index (χ0n) is 19.3. The Morgan fingerprint density at radius 3 is 2.66 bits per heavy atom. The molecule has 1 aromatic carbocycles. The van der Waals surface area contributed by atoms with Crippen molar-refractivity contribution in [1.82, 2.24) is 9.55 Å². The molecule has 0 radical (unpaired) electrons. The molecule has 32 heavy (non-hydrogen) atoms. The van der Waals surface area contributed by atoms with E-state index in [1.165, 1.54) is 44.7 Å². The molecule has 0 spiro atoms. The molecule has 1 saturated heterocycles. The van der Waals surface area contributed by atoms with Crippen LogP contribution in [0.2, 0.25) is 0 Å². The first kappa shape index (κ1) is 21.7. The molecule has 3 heterocycles. The number of hydrogen-bond acceptors (Lipinski definition) is 5. The molecule has 174 valence electrons. The van der Waals surface area contributed by atoms with E-state index in [1.807, 2.05) is 0 Å². The molecule has 0 unspecified atom stereocenters. The van der Waals surface area contributed by atoms with E-state index in [4.69, 9.17) is 19.2 Å². The molecule has 1 saturated carbocycles. The van der Waals surface area contributed by atoms with Crippen molar-refractivity contribution in [2.75, 3.05) is 25.2 Å². The molecule has 1 aromatic heterocycles. The number of rotatable bonds is 4. The zero-order chi connectivity index (χ0) is 22.1. The van der Waals surface area contributed by atoms with Crippen LogP contribution in [0.5, 0.6) is 0 Å². The lowest BCUT2D eigenvalue weighted by Crippen LogP contribution is -2.42. The summed E-state index contributed by atoms with van der Waals surface area (Å²) in [5, 5.41) is 0. The maximum Gasteiger partial charge on any atom is 0.414 e. The van der Waals surface area contributed by atoms with Gasteiger partial charge in [0.2, 0.25) is 0 Å². The van der Waals surface area contributed by atoms with Crippen molar-refractivity contribution < 1.29 is 19.0 Å². The van der Waals surface area contributed by atoms with Crippen molar-refractivity contribution in [1.29, 1.82) is 0 Å². The highest BCUT2D eigenvalue weighted by Crippen LogP contribution is 2.39. The van der Waals surface area contributed by atoms with Crippen LogP contribution in [-0.2, 0) is 27.2 Å². The normalized spacial score (nSPS) is 22.8. The quantitative estimate of drug-likeness (QED) is 0.657. The third-order valence-electron chi connectivity index (χ3n) is 7.46. The first-order chi connectivity index (χ1) is 15.7. The second-order valence-electron chi connectivity index (χ2n) is 9.47. The maximum absolute atomic E-state index is 12.5. The van der Waals surface area contributed by atoms with Gasteiger partial charge >= 0.3 is 6.09 Å². The summed E-state index contributed by atoms with van der Waals surface area (Å²) in [7, 11) is 1.45. The van der Waals surface area contributed by atoms with E-state index in [0.717, 1.165) is 61.5 Å². The summed E-state index contributed by atoms with van der Waals surface area (Å²) in [6.07, 6.45) is 9.91. The van der Waals surface area contributed by atoms with Gasteiger partial charge in [0.15, 0.2) is 0 Å². The van der Waals surface area contributed by atoms with Crippen molar-refractivity contribution in [2.24, 2.45) is 0 Å². The second-order valence-corrected chi connectivity index (χ2v) is 9.47. The lowest BCUT2D eigenvalue weighted by atomic mass is 9.94. The summed E-state index contributed by atoms with van der Waals surface area (Å²) < 4.78 is 19.3. The number of hydrogen-bond donors (Lipinski definition) is 0. The fourth-order valence-corrected chi connectivity index (χ4v) is 5.71. The van der Waals surface area contributed by atoms with Crippen LogP contribution in [0.4, 0.5) is 10.5 Å². The number of aryl methyl sites for hydroxylation is 1. The Morgan fingerprint density at radius 1 is 1.12 bits per heavy atom. The summed E-state index contributed by atoms with van der Waals surface area (Å²) in [5.41, 5.74) is 4.31. The Hall–Kier alpha value is -2.12. The highest BCUT2D eigenvalue weighted by Gasteiger charge is 2.32. The zero-order valence-corrected chi connectivity index (χ0v) is 19.3. The van der Waals surface area contributed by atoms with Crippen LogP contribution in [0.1, 0.15) is 75.7 Å². The van der Waals surface area contributed by atoms with Gasteiger partial charge in [0.1, 0.15) is 12.4 Å². The summed E-state index contributed by atoms with van der Waals surface area (Å²) in [5.74, 6) is 1.02. The highest BCUT2D eigenvalue weighted by atomic mass is 16.5. The van der Waals surface area contributed by atoms with Gasteiger partial charge in [-0.05, 0) is 57.6 Å². The van der Waals surface area contributed by atoms with Crippen molar-refractivity contribution in [3.8, 4) is 0 Å². The average Bonchev–Trinajstić information content (AvgIpc) is 3.22. The van der Waals surface area contributed by atoms with Gasteiger partial charge in [0.05, 0.1) is 29.9 Å². The summed E-state index contributed by atoms with van der Waals surface area (Å²) in [6, 6.07) is 4.83. The van der Waals surface area contributed by atoms with E-state index in [2.05, 4.69) is 23.6 Å². The van der Waals surface area contributed by atoms with Crippen LogP contribution in [0.25, 0.3) is 11.0 Å². The lowest BCUT2D eigenvalue weighted by molar-refractivity contribution is -0.0418. The molecular weight excluding hydrogens is 406 g/mol. The van der Waals surface area contributed by atoms with Crippen LogP contribution in [-0.4, -0.2) is 48.1 Å². The first-order valence-electron chi connectivity index (χ1n) is 12.3. The molecule has 5 rings (SSSR count). The number of methoxy groups -OCH3 is 1. The number of fused-ring (bicyclic) bond motifs is 3. The molecule has 0 N–H and O–H groups in total. The summed E-state index contributed by atoms with van der Waals surface area (Å²) >= 11 is 0. The van der Waals surface area contributed by atoms with Gasteiger partial charge in [-0.2, -0.15) is 0 Å². The molecule has 1 amide bonds. The predicted molar refractivity (Wildman–Crippen MR) is 123 cm³/mol. The molecule has 2 aromatic rings. The van der Waals surface area contributed by atoms with Crippen molar-refractivity contribution in [2.45, 2.75) is 89.5 Å². The van der Waals surface area contributed by atoms with E-state index in [-0.39, 0.29) is 18.2 Å². The van der Waals surface area contributed by atoms with Crippen LogP contribution >= 0.6 is 0 Å². The Kier molecular flexibility index (Phi) is 6.37. The van der Waals surface area contributed by atoms with Gasteiger partial charge in [0, 0.05) is 30.9 Å². The molecule has 2 fully saturated rings. The van der Waals surface area contributed by atoms with Gasteiger partial charge in [-0.15, -0.1) is 0 Å². The number of aromatic nitrogens is 2. The topological polar surface area (TPSA) is 65.8 Å². The number of nitrogens with zero attached hydrogens (tertiary/aromatic N) is 3. The van der Waals surface area contributed by atoms with Gasteiger partial charge in [-0.3, -0.25) is 4.90 Å². The minimum absolute atomic E-state index is 0.115. The number of anilines is 1. The van der Waals surface area contributed by atoms with E-state index in [9.17, 15) is 4.79 Å².